The molecule has 2 nitrogen and oxygen atoms in total. The quantitative estimate of drug-likeness (QED) is 0.892. The van der Waals surface area contributed by atoms with Crippen molar-refractivity contribution in [1.29, 1.82) is 0 Å². The highest BCUT2D eigenvalue weighted by molar-refractivity contribution is 5.18. The number of hydrogen-bond acceptors (Lipinski definition) is 2. The van der Waals surface area contributed by atoms with Gasteiger partial charge in [-0.25, -0.2) is 0 Å². The van der Waals surface area contributed by atoms with Crippen molar-refractivity contribution in [3.63, 3.8) is 0 Å². The third kappa shape index (κ3) is 3.01. The van der Waals surface area contributed by atoms with E-state index in [2.05, 4.69) is 30.3 Å². The smallest absolute Gasteiger partial charge is 0.0685 e. The van der Waals surface area contributed by atoms with Gasteiger partial charge in [-0.15, -0.1) is 0 Å². The first-order chi connectivity index (χ1) is 9.27. The van der Waals surface area contributed by atoms with Gasteiger partial charge in [-0.2, -0.15) is 0 Å². The number of benzene rings is 1. The molecule has 3 rings (SSSR count). The summed E-state index contributed by atoms with van der Waals surface area (Å²) in [7, 11) is 0. The van der Waals surface area contributed by atoms with Crippen molar-refractivity contribution >= 4 is 0 Å². The maximum absolute atomic E-state index is 6.30. The van der Waals surface area contributed by atoms with E-state index in [1.165, 1.54) is 44.1 Å². The van der Waals surface area contributed by atoms with Crippen LogP contribution in [0, 0.1) is 5.92 Å². The minimum Gasteiger partial charge on any atom is -0.375 e. The Kier molecular flexibility index (Phi) is 3.90. The SMILES string of the molecule is NC(CCC1CCOC2(CCC2)C1)c1ccccc1. The molecular weight excluding hydrogens is 234 g/mol. The molecule has 2 aliphatic rings. The summed E-state index contributed by atoms with van der Waals surface area (Å²) in [5.74, 6) is 0.823. The second-order valence-corrected chi connectivity index (χ2v) is 6.34. The lowest BCUT2D eigenvalue weighted by molar-refractivity contribution is -0.144. The monoisotopic (exact) mass is 259 g/mol. The van der Waals surface area contributed by atoms with E-state index in [1.54, 1.807) is 0 Å². The van der Waals surface area contributed by atoms with E-state index in [-0.39, 0.29) is 11.6 Å². The normalized spacial score (nSPS) is 26.9. The van der Waals surface area contributed by atoms with Crippen molar-refractivity contribution in [3.8, 4) is 0 Å². The van der Waals surface area contributed by atoms with Crippen LogP contribution in [-0.4, -0.2) is 12.2 Å². The van der Waals surface area contributed by atoms with Crippen LogP contribution < -0.4 is 5.73 Å². The van der Waals surface area contributed by atoms with Gasteiger partial charge in [0, 0.05) is 12.6 Å². The van der Waals surface area contributed by atoms with E-state index in [9.17, 15) is 0 Å². The Morgan fingerprint density at radius 1 is 1.26 bits per heavy atom. The number of hydrogen-bond donors (Lipinski definition) is 1. The van der Waals surface area contributed by atoms with Gasteiger partial charge in [0.25, 0.3) is 0 Å². The van der Waals surface area contributed by atoms with E-state index in [1.807, 2.05) is 0 Å². The first kappa shape index (κ1) is 13.1. The molecule has 19 heavy (non-hydrogen) atoms. The Labute approximate surface area is 116 Å². The third-order valence-electron chi connectivity index (χ3n) is 4.97. The van der Waals surface area contributed by atoms with Crippen LogP contribution in [0.5, 0.6) is 0 Å². The Hall–Kier alpha value is -0.860. The Balaban J connectivity index is 1.49. The Morgan fingerprint density at radius 2 is 2.05 bits per heavy atom. The molecule has 1 heterocycles. The summed E-state index contributed by atoms with van der Waals surface area (Å²) in [5, 5.41) is 0. The molecule has 1 saturated heterocycles. The molecule has 2 N–H and O–H groups in total. The molecule has 2 heteroatoms. The van der Waals surface area contributed by atoms with Crippen LogP contribution in [0.3, 0.4) is 0 Å². The zero-order valence-corrected chi connectivity index (χ0v) is 11.7. The van der Waals surface area contributed by atoms with Gasteiger partial charge >= 0.3 is 0 Å². The maximum atomic E-state index is 6.30. The van der Waals surface area contributed by atoms with Crippen molar-refractivity contribution in [3.05, 3.63) is 35.9 Å². The van der Waals surface area contributed by atoms with E-state index < -0.39 is 0 Å². The van der Waals surface area contributed by atoms with Gasteiger partial charge in [-0.05, 0) is 56.4 Å². The molecule has 1 aromatic rings. The van der Waals surface area contributed by atoms with Crippen LogP contribution >= 0.6 is 0 Å². The summed E-state index contributed by atoms with van der Waals surface area (Å²) in [4.78, 5) is 0. The van der Waals surface area contributed by atoms with Crippen LogP contribution in [-0.2, 0) is 4.74 Å². The third-order valence-corrected chi connectivity index (χ3v) is 4.97. The van der Waals surface area contributed by atoms with E-state index in [4.69, 9.17) is 10.5 Å². The van der Waals surface area contributed by atoms with Gasteiger partial charge in [0.15, 0.2) is 0 Å². The standard InChI is InChI=1S/C17H25NO/c18-16(15-5-2-1-3-6-15)8-7-14-9-12-19-17(13-14)10-4-11-17/h1-3,5-6,14,16H,4,7-13,18H2. The van der Waals surface area contributed by atoms with Crippen molar-refractivity contribution in [2.45, 2.75) is 56.6 Å². The molecule has 1 aromatic carbocycles. The van der Waals surface area contributed by atoms with Gasteiger partial charge in [0.05, 0.1) is 5.60 Å². The Bertz CT molecular complexity index is 399. The predicted octanol–water partition coefficient (Wildman–Crippen LogP) is 3.82. The van der Waals surface area contributed by atoms with Gasteiger partial charge in [-0.3, -0.25) is 0 Å². The van der Waals surface area contributed by atoms with E-state index >= 15 is 0 Å². The summed E-state index contributed by atoms with van der Waals surface area (Å²) in [6.07, 6.45) is 8.78. The largest absolute Gasteiger partial charge is 0.375 e. The summed E-state index contributed by atoms with van der Waals surface area (Å²) >= 11 is 0. The molecule has 1 aliphatic heterocycles. The van der Waals surface area contributed by atoms with E-state index in [0.717, 1.165) is 18.9 Å². The molecule has 2 atom stereocenters. The molecule has 2 fully saturated rings. The number of ether oxygens (including phenoxy) is 1. The average molecular weight is 259 g/mol. The minimum atomic E-state index is 0.196. The molecule has 0 aromatic heterocycles. The molecule has 1 saturated carbocycles. The second-order valence-electron chi connectivity index (χ2n) is 6.34. The predicted molar refractivity (Wildman–Crippen MR) is 77.9 cm³/mol. The van der Waals surface area contributed by atoms with Crippen molar-refractivity contribution < 1.29 is 4.74 Å². The Morgan fingerprint density at radius 3 is 2.74 bits per heavy atom. The lowest BCUT2D eigenvalue weighted by Crippen LogP contribution is -2.45. The maximum Gasteiger partial charge on any atom is 0.0685 e. The van der Waals surface area contributed by atoms with Crippen LogP contribution in [0.1, 0.15) is 56.6 Å². The molecular formula is C17H25NO. The summed E-state index contributed by atoms with van der Waals surface area (Å²) in [5.41, 5.74) is 7.84. The highest BCUT2D eigenvalue weighted by atomic mass is 16.5. The topological polar surface area (TPSA) is 35.2 Å². The lowest BCUT2D eigenvalue weighted by atomic mass is 9.71. The van der Waals surface area contributed by atoms with Crippen LogP contribution in [0.2, 0.25) is 0 Å². The van der Waals surface area contributed by atoms with E-state index in [0.29, 0.717) is 0 Å². The molecule has 0 radical (unpaired) electrons. The lowest BCUT2D eigenvalue weighted by Gasteiger charge is -2.47. The summed E-state index contributed by atoms with van der Waals surface area (Å²) < 4.78 is 5.99. The van der Waals surface area contributed by atoms with Crippen molar-refractivity contribution in [1.82, 2.24) is 0 Å². The highest BCUT2D eigenvalue weighted by Gasteiger charge is 2.42. The van der Waals surface area contributed by atoms with Gasteiger partial charge in [-0.1, -0.05) is 30.3 Å². The molecule has 2 unspecified atom stereocenters. The zero-order chi connectivity index (χ0) is 13.1. The molecule has 104 valence electrons. The molecule has 1 aliphatic carbocycles. The van der Waals surface area contributed by atoms with Gasteiger partial charge < -0.3 is 10.5 Å². The van der Waals surface area contributed by atoms with Gasteiger partial charge in [0.2, 0.25) is 0 Å². The summed E-state index contributed by atoms with van der Waals surface area (Å²) in [6, 6.07) is 10.7. The average Bonchev–Trinajstić information content (AvgIpc) is 2.44. The molecule has 1 spiro atoms. The van der Waals surface area contributed by atoms with Crippen LogP contribution in [0.25, 0.3) is 0 Å². The number of nitrogens with two attached hydrogens (primary N) is 1. The number of rotatable bonds is 4. The minimum absolute atomic E-state index is 0.196. The zero-order valence-electron chi connectivity index (χ0n) is 11.7. The fourth-order valence-corrected chi connectivity index (χ4v) is 3.58. The van der Waals surface area contributed by atoms with Gasteiger partial charge in [0.1, 0.15) is 0 Å². The van der Waals surface area contributed by atoms with Crippen molar-refractivity contribution in [2.75, 3.05) is 6.61 Å². The second kappa shape index (κ2) is 5.64. The first-order valence-corrected chi connectivity index (χ1v) is 7.72. The van der Waals surface area contributed by atoms with Crippen LogP contribution in [0.4, 0.5) is 0 Å². The first-order valence-electron chi connectivity index (χ1n) is 7.72. The molecule has 0 bridgehead atoms. The van der Waals surface area contributed by atoms with Crippen molar-refractivity contribution in [2.24, 2.45) is 11.7 Å². The highest BCUT2D eigenvalue weighted by Crippen LogP contribution is 2.45. The fraction of sp³-hybridized carbons (Fsp3) is 0.647. The summed E-state index contributed by atoms with van der Waals surface area (Å²) in [6.45, 7) is 0.964. The fourth-order valence-electron chi connectivity index (χ4n) is 3.58. The molecule has 0 amide bonds. The van der Waals surface area contributed by atoms with Crippen LogP contribution in [0.15, 0.2) is 30.3 Å².